The molecule has 3 saturated carbocycles. The number of carbonyl (C=O) groups excluding carboxylic acids is 2. The summed E-state index contributed by atoms with van der Waals surface area (Å²) in [4.78, 5) is 27.8. The molecule has 0 aromatic heterocycles. The molecule has 5 aliphatic rings. The second-order valence-corrected chi connectivity index (χ2v) is 13.6. The average Bonchev–Trinajstić information content (AvgIpc) is 3.34. The van der Waals surface area contributed by atoms with Crippen LogP contribution in [0.1, 0.15) is 38.7 Å². The number of allylic oxidation sites excluding steroid dienone is 4. The van der Waals surface area contributed by atoms with E-state index in [0.717, 1.165) is 12.1 Å². The Kier molecular flexibility index (Phi) is 6.48. The first-order valence-corrected chi connectivity index (χ1v) is 14.7. The van der Waals surface area contributed by atoms with Crippen molar-refractivity contribution in [3.63, 3.8) is 0 Å². The number of hydrogen-bond acceptors (Lipinski definition) is 5. The fourth-order valence-corrected chi connectivity index (χ4v) is 10.3. The third-order valence-corrected chi connectivity index (χ3v) is 11.8. The Labute approximate surface area is 234 Å². The largest absolute Gasteiger partial charge is 0.390 e. The third-order valence-electron chi connectivity index (χ3n) is 11.1. The van der Waals surface area contributed by atoms with Crippen molar-refractivity contribution < 1.29 is 36.6 Å². The standard InChI is InChI=1S/C30H32F5NO3S/c1-27-4-3-20(37)9-23(27)24(34)10-22-21-7-17-13-36(12-16-5-18(32)8-19(33)6-16)14-29(17,26(39)40-15-31)28(21,2)11-25(38)30(22,27)35/h3-6,8-9,17,21-22,24-25,38H,7,10-15H2,1-2H3. The monoisotopic (exact) mass is 581 g/mol. The Bertz CT molecular complexity index is 1320. The van der Waals surface area contributed by atoms with Crippen molar-refractivity contribution in [1.29, 1.82) is 0 Å². The summed E-state index contributed by atoms with van der Waals surface area (Å²) < 4.78 is 74.6. The van der Waals surface area contributed by atoms with Crippen molar-refractivity contribution in [3.8, 4) is 0 Å². The van der Waals surface area contributed by atoms with Gasteiger partial charge in [-0.2, -0.15) is 0 Å². The van der Waals surface area contributed by atoms with E-state index >= 15 is 8.78 Å². The number of rotatable bonds is 4. The van der Waals surface area contributed by atoms with Gasteiger partial charge in [0.1, 0.15) is 23.8 Å². The van der Waals surface area contributed by atoms with Crippen LogP contribution in [-0.4, -0.2) is 57.9 Å². The second kappa shape index (κ2) is 9.23. The molecule has 1 aromatic carbocycles. The van der Waals surface area contributed by atoms with Crippen LogP contribution in [0.4, 0.5) is 22.0 Å². The Balaban J connectivity index is 1.40. The van der Waals surface area contributed by atoms with Crippen molar-refractivity contribution in [2.45, 2.75) is 57.6 Å². The predicted octanol–water partition coefficient (Wildman–Crippen LogP) is 5.50. The van der Waals surface area contributed by atoms with Crippen LogP contribution in [0, 0.1) is 45.6 Å². The summed E-state index contributed by atoms with van der Waals surface area (Å²) in [5.41, 5.74) is -5.51. The van der Waals surface area contributed by atoms with Gasteiger partial charge in [-0.3, -0.25) is 14.5 Å². The van der Waals surface area contributed by atoms with Crippen molar-refractivity contribution in [3.05, 3.63) is 59.2 Å². The molecule has 40 heavy (non-hydrogen) atoms. The zero-order valence-corrected chi connectivity index (χ0v) is 23.1. The number of carbonyl (C=O) groups is 2. The van der Waals surface area contributed by atoms with E-state index in [9.17, 15) is 27.9 Å². The predicted molar refractivity (Wildman–Crippen MR) is 140 cm³/mol. The number of aliphatic hydroxyl groups excluding tert-OH is 1. The topological polar surface area (TPSA) is 57.6 Å². The maximum Gasteiger partial charge on any atom is 0.199 e. The molecule has 1 aromatic rings. The van der Waals surface area contributed by atoms with E-state index in [1.165, 1.54) is 31.2 Å². The molecule has 1 N–H and O–H groups in total. The van der Waals surface area contributed by atoms with Crippen molar-refractivity contribution in [2.24, 2.45) is 34.0 Å². The molecule has 1 saturated heterocycles. The molecule has 0 bridgehead atoms. The van der Waals surface area contributed by atoms with Crippen LogP contribution in [0.2, 0.25) is 0 Å². The van der Waals surface area contributed by atoms with E-state index < -0.39 is 69.4 Å². The lowest BCUT2D eigenvalue weighted by atomic mass is 9.43. The highest BCUT2D eigenvalue weighted by Gasteiger charge is 2.78. The zero-order valence-electron chi connectivity index (χ0n) is 22.3. The lowest BCUT2D eigenvalue weighted by molar-refractivity contribution is -0.210. The number of alkyl halides is 3. The number of hydrogen-bond donors (Lipinski definition) is 1. The maximum absolute atomic E-state index is 17.5. The summed E-state index contributed by atoms with van der Waals surface area (Å²) in [6, 6.07) is 2.29. The van der Waals surface area contributed by atoms with Crippen LogP contribution < -0.4 is 0 Å². The summed E-state index contributed by atoms with van der Waals surface area (Å²) in [7, 11) is 0. The van der Waals surface area contributed by atoms with E-state index in [4.69, 9.17) is 0 Å². The minimum absolute atomic E-state index is 0.0341. The van der Waals surface area contributed by atoms with Crippen LogP contribution in [0.25, 0.3) is 0 Å². The zero-order chi connectivity index (χ0) is 28.8. The van der Waals surface area contributed by atoms with Gasteiger partial charge < -0.3 is 5.11 Å². The van der Waals surface area contributed by atoms with Gasteiger partial charge in [-0.15, -0.1) is 0 Å². The lowest BCUT2D eigenvalue weighted by Crippen LogP contribution is -2.69. The number of likely N-dealkylation sites (tertiary alicyclic amines) is 1. The summed E-state index contributed by atoms with van der Waals surface area (Å²) in [5.74, 6) is -3.61. The van der Waals surface area contributed by atoms with Gasteiger partial charge in [0.25, 0.3) is 0 Å². The highest BCUT2D eigenvalue weighted by atomic mass is 32.2. The Hall–Kier alpha value is -2.04. The van der Waals surface area contributed by atoms with Gasteiger partial charge in [-0.25, -0.2) is 22.0 Å². The van der Waals surface area contributed by atoms with Crippen LogP contribution in [-0.2, 0) is 16.1 Å². The molecular weight excluding hydrogens is 549 g/mol. The van der Waals surface area contributed by atoms with E-state index in [0.29, 0.717) is 30.3 Å². The number of halogens is 5. The van der Waals surface area contributed by atoms with Gasteiger partial charge in [0.05, 0.1) is 11.5 Å². The number of ketones is 1. The lowest BCUT2D eigenvalue weighted by Gasteiger charge is -2.63. The molecule has 4 fully saturated rings. The highest BCUT2D eigenvalue weighted by molar-refractivity contribution is 8.13. The molecule has 9 unspecified atom stereocenters. The summed E-state index contributed by atoms with van der Waals surface area (Å²) in [6.07, 6.45) is 0.639. The van der Waals surface area contributed by atoms with E-state index in [1.807, 2.05) is 11.8 Å². The SMILES string of the molecule is CC12C=CC(=O)C=C1C(F)CC1C3CC4CN(Cc5cc(F)cc(F)c5)CC4(C(=O)SCF)C3(C)CC(O)C12F. The number of nitrogens with zero attached hydrogens (tertiary/aromatic N) is 1. The molecule has 9 atom stereocenters. The van der Waals surface area contributed by atoms with Crippen LogP contribution in [0.3, 0.4) is 0 Å². The number of benzene rings is 1. The molecule has 216 valence electrons. The minimum atomic E-state index is -2.27. The Morgan fingerprint density at radius 3 is 2.52 bits per heavy atom. The van der Waals surface area contributed by atoms with Gasteiger partial charge in [-0.1, -0.05) is 24.8 Å². The minimum Gasteiger partial charge on any atom is -0.390 e. The van der Waals surface area contributed by atoms with Crippen molar-refractivity contribution >= 4 is 22.7 Å². The molecule has 0 amide bonds. The first-order valence-electron chi connectivity index (χ1n) is 13.7. The maximum atomic E-state index is 17.5. The smallest absolute Gasteiger partial charge is 0.199 e. The number of aliphatic hydroxyl groups is 1. The molecule has 6 rings (SSSR count). The third kappa shape index (κ3) is 3.57. The van der Waals surface area contributed by atoms with Gasteiger partial charge in [0.2, 0.25) is 0 Å². The van der Waals surface area contributed by atoms with Crippen LogP contribution in [0.5, 0.6) is 0 Å². The van der Waals surface area contributed by atoms with E-state index in [2.05, 4.69) is 0 Å². The first kappa shape index (κ1) is 28.1. The first-order chi connectivity index (χ1) is 18.8. The van der Waals surface area contributed by atoms with Gasteiger partial charge in [-0.05, 0) is 78.9 Å². The normalized spacial score (nSPS) is 44.0. The molecule has 10 heteroatoms. The fraction of sp³-hybridized carbons (Fsp3) is 0.600. The fourth-order valence-electron chi connectivity index (χ4n) is 9.47. The van der Waals surface area contributed by atoms with Crippen molar-refractivity contribution in [1.82, 2.24) is 4.90 Å². The van der Waals surface area contributed by atoms with E-state index in [-0.39, 0.29) is 42.5 Å². The van der Waals surface area contributed by atoms with Crippen LogP contribution in [0.15, 0.2) is 42.0 Å². The summed E-state index contributed by atoms with van der Waals surface area (Å²) >= 11 is 0.552. The van der Waals surface area contributed by atoms with Gasteiger partial charge in [0, 0.05) is 37.0 Å². The summed E-state index contributed by atoms with van der Waals surface area (Å²) in [6.45, 7) is 4.05. The molecule has 4 aliphatic carbocycles. The number of thioether (sulfide) groups is 1. The Morgan fingerprint density at radius 1 is 1.15 bits per heavy atom. The molecule has 0 spiro atoms. The van der Waals surface area contributed by atoms with E-state index in [1.54, 1.807) is 0 Å². The molecule has 0 radical (unpaired) electrons. The highest BCUT2D eigenvalue weighted by Crippen LogP contribution is 2.75. The summed E-state index contributed by atoms with van der Waals surface area (Å²) in [5, 5.41) is 11.2. The average molecular weight is 582 g/mol. The second-order valence-electron chi connectivity index (χ2n) is 12.8. The number of fused-ring (bicyclic) bond motifs is 7. The molecular formula is C30H32F5NO3S. The quantitative estimate of drug-likeness (QED) is 0.476. The van der Waals surface area contributed by atoms with Gasteiger partial charge >= 0.3 is 0 Å². The van der Waals surface area contributed by atoms with Crippen molar-refractivity contribution in [2.75, 3.05) is 19.1 Å². The van der Waals surface area contributed by atoms with Crippen LogP contribution >= 0.6 is 11.8 Å². The van der Waals surface area contributed by atoms with Gasteiger partial charge in [0.15, 0.2) is 16.6 Å². The molecule has 4 nitrogen and oxygen atoms in total. The molecule has 1 heterocycles. The Morgan fingerprint density at radius 2 is 1.85 bits per heavy atom. The molecule has 1 aliphatic heterocycles.